The normalized spacial score (nSPS) is 12.8. The van der Waals surface area contributed by atoms with Gasteiger partial charge in [-0.3, -0.25) is 0 Å². The number of hydrogen-bond acceptors (Lipinski definition) is 5. The van der Waals surface area contributed by atoms with Gasteiger partial charge in [-0.15, -0.1) is 5.10 Å². The van der Waals surface area contributed by atoms with Gasteiger partial charge in [0.2, 0.25) is 0 Å². The van der Waals surface area contributed by atoms with Crippen LogP contribution in [-0.4, -0.2) is 38.1 Å². The maximum atomic E-state index is 11.3. The first-order chi connectivity index (χ1) is 8.70. The van der Waals surface area contributed by atoms with Gasteiger partial charge in [0, 0.05) is 13.2 Å². The highest BCUT2D eigenvalue weighted by Gasteiger charge is 2.03. The number of aromatic amines is 1. The Balaban J connectivity index is 1.91. The van der Waals surface area contributed by atoms with Crippen LogP contribution in [0.25, 0.3) is 5.65 Å². The average Bonchev–Trinajstić information content (AvgIpc) is 2.76. The largest absolute Gasteiger partial charge is 0.396 e. The number of rotatable bonds is 6. The molecule has 0 aliphatic carbocycles. The van der Waals surface area contributed by atoms with Gasteiger partial charge in [0.25, 0.3) is 0 Å². The fourth-order valence-electron chi connectivity index (χ4n) is 1.66. The summed E-state index contributed by atoms with van der Waals surface area (Å²) >= 11 is 0. The molecule has 18 heavy (non-hydrogen) atoms. The molecule has 98 valence electrons. The van der Waals surface area contributed by atoms with Gasteiger partial charge in [0.15, 0.2) is 5.65 Å². The van der Waals surface area contributed by atoms with Crippen LogP contribution < -0.4 is 11.0 Å². The van der Waals surface area contributed by atoms with E-state index in [2.05, 4.69) is 20.6 Å². The molecule has 1 atom stereocenters. The fourth-order valence-corrected chi connectivity index (χ4v) is 1.66. The number of aliphatic hydroxyl groups excluding tert-OH is 1. The highest BCUT2D eigenvalue weighted by atomic mass is 16.3. The van der Waals surface area contributed by atoms with Crippen molar-refractivity contribution in [1.29, 1.82) is 0 Å². The van der Waals surface area contributed by atoms with E-state index in [0.717, 1.165) is 19.4 Å². The lowest BCUT2D eigenvalue weighted by atomic mass is 10.1. The molecule has 1 unspecified atom stereocenters. The van der Waals surface area contributed by atoms with Crippen LogP contribution >= 0.6 is 0 Å². The maximum Gasteiger partial charge on any atom is 0.364 e. The van der Waals surface area contributed by atoms with E-state index in [1.54, 1.807) is 12.1 Å². The molecular weight excluding hydrogens is 234 g/mol. The molecule has 0 aromatic carbocycles. The SMILES string of the molecule is CC(CO)CCCNc1ccc2n[nH]c(=O)n2n1. The van der Waals surface area contributed by atoms with Crippen LogP contribution in [0.2, 0.25) is 0 Å². The summed E-state index contributed by atoms with van der Waals surface area (Å²) in [6.45, 7) is 2.99. The summed E-state index contributed by atoms with van der Waals surface area (Å²) in [5, 5.41) is 22.3. The summed E-state index contributed by atoms with van der Waals surface area (Å²) in [5.74, 6) is 0.960. The zero-order valence-electron chi connectivity index (χ0n) is 10.3. The van der Waals surface area contributed by atoms with Gasteiger partial charge in [-0.1, -0.05) is 6.92 Å². The fraction of sp³-hybridized carbons (Fsp3) is 0.545. The number of nitrogens with zero attached hydrogens (tertiary/aromatic N) is 3. The van der Waals surface area contributed by atoms with Crippen molar-refractivity contribution in [3.05, 3.63) is 22.6 Å². The first kappa shape index (κ1) is 12.6. The van der Waals surface area contributed by atoms with Crippen molar-refractivity contribution in [3.8, 4) is 0 Å². The van der Waals surface area contributed by atoms with E-state index in [4.69, 9.17) is 5.11 Å². The Labute approximate surface area is 104 Å². The molecule has 2 rings (SSSR count). The highest BCUT2D eigenvalue weighted by molar-refractivity contribution is 5.42. The maximum absolute atomic E-state index is 11.3. The Morgan fingerprint density at radius 3 is 3.17 bits per heavy atom. The Hall–Kier alpha value is -1.89. The van der Waals surface area contributed by atoms with Gasteiger partial charge in [-0.2, -0.15) is 9.61 Å². The molecule has 0 radical (unpaired) electrons. The minimum Gasteiger partial charge on any atom is -0.396 e. The molecule has 0 fully saturated rings. The predicted molar refractivity (Wildman–Crippen MR) is 67.6 cm³/mol. The molecule has 2 aromatic heterocycles. The van der Waals surface area contributed by atoms with Crippen LogP contribution in [0.15, 0.2) is 16.9 Å². The summed E-state index contributed by atoms with van der Waals surface area (Å²) in [6.07, 6.45) is 1.90. The number of fused-ring (bicyclic) bond motifs is 1. The van der Waals surface area contributed by atoms with E-state index in [1.807, 2.05) is 6.92 Å². The third kappa shape index (κ3) is 2.86. The Morgan fingerprint density at radius 2 is 2.39 bits per heavy atom. The van der Waals surface area contributed by atoms with Gasteiger partial charge in [-0.05, 0) is 30.9 Å². The minimum absolute atomic E-state index is 0.217. The Bertz CT molecular complexity index is 562. The smallest absolute Gasteiger partial charge is 0.364 e. The third-order valence-corrected chi connectivity index (χ3v) is 2.76. The van der Waals surface area contributed by atoms with E-state index in [9.17, 15) is 4.79 Å². The number of H-pyrrole nitrogens is 1. The number of hydrogen-bond donors (Lipinski definition) is 3. The van der Waals surface area contributed by atoms with Crippen molar-refractivity contribution >= 4 is 11.5 Å². The minimum atomic E-state index is -0.345. The molecule has 0 bridgehead atoms. The summed E-state index contributed by atoms with van der Waals surface area (Å²) in [5.41, 5.74) is 0.155. The van der Waals surface area contributed by atoms with Crippen molar-refractivity contribution in [2.24, 2.45) is 5.92 Å². The number of anilines is 1. The Kier molecular flexibility index (Phi) is 3.93. The van der Waals surface area contributed by atoms with Crippen molar-refractivity contribution in [1.82, 2.24) is 19.8 Å². The van der Waals surface area contributed by atoms with Crippen molar-refractivity contribution < 1.29 is 5.11 Å². The van der Waals surface area contributed by atoms with Crippen LogP contribution in [0, 0.1) is 5.92 Å². The number of aromatic nitrogens is 4. The molecule has 7 nitrogen and oxygen atoms in total. The highest BCUT2D eigenvalue weighted by Crippen LogP contribution is 2.06. The van der Waals surface area contributed by atoms with Crippen LogP contribution in [0.5, 0.6) is 0 Å². The summed E-state index contributed by atoms with van der Waals surface area (Å²) in [6, 6.07) is 3.51. The van der Waals surface area contributed by atoms with Crippen molar-refractivity contribution in [3.63, 3.8) is 0 Å². The van der Waals surface area contributed by atoms with Crippen LogP contribution in [-0.2, 0) is 0 Å². The van der Waals surface area contributed by atoms with Crippen molar-refractivity contribution in [2.75, 3.05) is 18.5 Å². The molecule has 3 N–H and O–H groups in total. The zero-order valence-corrected chi connectivity index (χ0v) is 10.3. The molecule has 0 saturated carbocycles. The molecule has 0 aliphatic heterocycles. The van der Waals surface area contributed by atoms with E-state index in [-0.39, 0.29) is 12.3 Å². The van der Waals surface area contributed by atoms with E-state index in [0.29, 0.717) is 17.4 Å². The molecule has 0 amide bonds. The molecule has 0 spiro atoms. The Morgan fingerprint density at radius 1 is 1.56 bits per heavy atom. The summed E-state index contributed by atoms with van der Waals surface area (Å²) in [4.78, 5) is 11.3. The van der Waals surface area contributed by atoms with Crippen LogP contribution in [0.4, 0.5) is 5.82 Å². The molecule has 2 heterocycles. The first-order valence-corrected chi connectivity index (χ1v) is 6.00. The molecular formula is C11H17N5O2. The van der Waals surface area contributed by atoms with Gasteiger partial charge in [0.05, 0.1) is 0 Å². The lowest BCUT2D eigenvalue weighted by molar-refractivity contribution is 0.229. The molecule has 7 heteroatoms. The van der Waals surface area contributed by atoms with E-state index in [1.165, 1.54) is 4.52 Å². The average molecular weight is 251 g/mol. The molecule has 0 aliphatic rings. The van der Waals surface area contributed by atoms with Crippen LogP contribution in [0.3, 0.4) is 0 Å². The molecule has 0 saturated heterocycles. The topological polar surface area (TPSA) is 95.3 Å². The number of aliphatic hydroxyl groups is 1. The number of nitrogens with one attached hydrogen (secondary N) is 2. The van der Waals surface area contributed by atoms with Gasteiger partial charge < -0.3 is 10.4 Å². The van der Waals surface area contributed by atoms with E-state index >= 15 is 0 Å². The second kappa shape index (κ2) is 5.63. The lowest BCUT2D eigenvalue weighted by Gasteiger charge is -2.08. The second-order valence-electron chi connectivity index (χ2n) is 4.37. The van der Waals surface area contributed by atoms with Crippen molar-refractivity contribution in [2.45, 2.75) is 19.8 Å². The monoisotopic (exact) mass is 251 g/mol. The van der Waals surface area contributed by atoms with Crippen LogP contribution in [0.1, 0.15) is 19.8 Å². The quantitative estimate of drug-likeness (QED) is 0.639. The zero-order chi connectivity index (χ0) is 13.0. The van der Waals surface area contributed by atoms with E-state index < -0.39 is 0 Å². The third-order valence-electron chi connectivity index (χ3n) is 2.76. The predicted octanol–water partition coefficient (Wildman–Crippen LogP) is 0.238. The lowest BCUT2D eigenvalue weighted by Crippen LogP contribution is -2.14. The first-order valence-electron chi connectivity index (χ1n) is 6.00. The summed E-state index contributed by atoms with van der Waals surface area (Å²) in [7, 11) is 0. The van der Waals surface area contributed by atoms with Gasteiger partial charge in [0.1, 0.15) is 5.82 Å². The summed E-state index contributed by atoms with van der Waals surface area (Å²) < 4.78 is 1.22. The van der Waals surface area contributed by atoms with Gasteiger partial charge >= 0.3 is 5.69 Å². The molecule has 2 aromatic rings. The second-order valence-corrected chi connectivity index (χ2v) is 4.37. The van der Waals surface area contributed by atoms with Gasteiger partial charge in [-0.25, -0.2) is 9.89 Å². The standard InChI is InChI=1S/C11H17N5O2/c1-8(7-17)3-2-6-12-9-4-5-10-13-14-11(18)16(10)15-9/h4-5,8,17H,2-3,6-7H2,1H3,(H,12,15)(H,14,18).